The van der Waals surface area contributed by atoms with Crippen LogP contribution < -0.4 is 5.32 Å². The molecule has 3 rings (SSSR count). The van der Waals surface area contributed by atoms with E-state index in [1.54, 1.807) is 4.90 Å². The normalized spacial score (nSPS) is 15.7. The van der Waals surface area contributed by atoms with Gasteiger partial charge in [-0.2, -0.15) is 4.31 Å². The lowest BCUT2D eigenvalue weighted by atomic mass is 10.2. The minimum atomic E-state index is -3.96. The van der Waals surface area contributed by atoms with Gasteiger partial charge in [0.05, 0.1) is 11.5 Å². The third-order valence-electron chi connectivity index (χ3n) is 4.58. The van der Waals surface area contributed by atoms with E-state index in [1.165, 1.54) is 40.7 Å². The number of nitro groups is 1. The summed E-state index contributed by atoms with van der Waals surface area (Å²) >= 11 is 5.75. The zero-order chi connectivity index (χ0) is 21.9. The molecule has 1 aliphatic heterocycles. The molecule has 1 fully saturated rings. The first kappa shape index (κ1) is 22.1. The van der Waals surface area contributed by atoms with Crippen LogP contribution in [0.1, 0.15) is 0 Å². The molecule has 1 amide bonds. The van der Waals surface area contributed by atoms with E-state index in [4.69, 9.17) is 11.6 Å². The van der Waals surface area contributed by atoms with Gasteiger partial charge in [0.15, 0.2) is 0 Å². The summed E-state index contributed by atoms with van der Waals surface area (Å²) in [5.41, 5.74) is -0.0849. The van der Waals surface area contributed by atoms with E-state index in [0.717, 1.165) is 6.07 Å². The zero-order valence-corrected chi connectivity index (χ0v) is 17.2. The maximum absolute atomic E-state index is 13.9. The van der Waals surface area contributed by atoms with Crippen LogP contribution in [0.3, 0.4) is 0 Å². The Balaban J connectivity index is 1.57. The Kier molecular flexibility index (Phi) is 6.66. The van der Waals surface area contributed by atoms with Crippen LogP contribution in [0.2, 0.25) is 5.02 Å². The number of anilines is 1. The number of nitrogens with one attached hydrogen (secondary N) is 1. The third kappa shape index (κ3) is 4.93. The lowest BCUT2D eigenvalue weighted by Gasteiger charge is -2.33. The first-order valence-electron chi connectivity index (χ1n) is 8.89. The van der Waals surface area contributed by atoms with Crippen LogP contribution in [-0.4, -0.2) is 61.2 Å². The quantitative estimate of drug-likeness (QED) is 0.527. The molecule has 0 spiro atoms. The minimum Gasteiger partial charge on any atom is -0.325 e. The Bertz CT molecular complexity index is 1070. The van der Waals surface area contributed by atoms with E-state index in [1.807, 2.05) is 0 Å². The average molecular weight is 457 g/mol. The van der Waals surface area contributed by atoms with Crippen molar-refractivity contribution in [3.63, 3.8) is 0 Å². The molecule has 0 radical (unpaired) electrons. The molecular formula is C18H18ClFN4O5S. The van der Waals surface area contributed by atoms with Crippen molar-refractivity contribution in [1.82, 2.24) is 9.21 Å². The van der Waals surface area contributed by atoms with E-state index >= 15 is 0 Å². The summed E-state index contributed by atoms with van der Waals surface area (Å²) in [6.07, 6.45) is 0. The largest absolute Gasteiger partial charge is 0.325 e. The molecule has 0 saturated carbocycles. The number of carbonyl (C=O) groups excluding carboxylic acids is 1. The molecule has 1 N–H and O–H groups in total. The molecule has 0 atom stereocenters. The smallest absolute Gasteiger partial charge is 0.289 e. The van der Waals surface area contributed by atoms with Gasteiger partial charge in [0.25, 0.3) is 5.69 Å². The highest BCUT2D eigenvalue weighted by Crippen LogP contribution is 2.27. The van der Waals surface area contributed by atoms with Crippen molar-refractivity contribution in [1.29, 1.82) is 0 Å². The van der Waals surface area contributed by atoms with E-state index in [9.17, 15) is 27.7 Å². The molecule has 2 aromatic rings. The van der Waals surface area contributed by atoms with Gasteiger partial charge in [0.2, 0.25) is 15.9 Å². The highest BCUT2D eigenvalue weighted by Gasteiger charge is 2.30. The van der Waals surface area contributed by atoms with Crippen molar-refractivity contribution < 1.29 is 22.5 Å². The molecule has 2 aromatic carbocycles. The first-order chi connectivity index (χ1) is 14.2. The van der Waals surface area contributed by atoms with Crippen molar-refractivity contribution in [3.8, 4) is 0 Å². The van der Waals surface area contributed by atoms with Crippen LogP contribution in [0.25, 0.3) is 0 Å². The van der Waals surface area contributed by atoms with Crippen LogP contribution >= 0.6 is 11.6 Å². The molecular weight excluding hydrogens is 439 g/mol. The average Bonchev–Trinajstić information content (AvgIpc) is 2.70. The SMILES string of the molecule is O=C(CN1CCN(S(=O)(=O)c2ccccc2F)CC1)Nc1ccc(Cl)c([N+](=O)[O-])c1. The summed E-state index contributed by atoms with van der Waals surface area (Å²) < 4.78 is 40.3. The first-order valence-corrected chi connectivity index (χ1v) is 10.7. The van der Waals surface area contributed by atoms with Crippen molar-refractivity contribution >= 4 is 38.9 Å². The Morgan fingerprint density at radius 1 is 1.17 bits per heavy atom. The van der Waals surface area contributed by atoms with Crippen LogP contribution in [-0.2, 0) is 14.8 Å². The Labute approximate surface area is 177 Å². The van der Waals surface area contributed by atoms with E-state index in [2.05, 4.69) is 5.32 Å². The van der Waals surface area contributed by atoms with Crippen molar-refractivity contribution in [2.45, 2.75) is 4.90 Å². The number of hydrogen-bond donors (Lipinski definition) is 1. The standard InChI is InChI=1S/C18H18ClFN4O5S/c19-14-6-5-13(11-16(14)24(26)27)21-18(25)12-22-7-9-23(10-8-22)30(28,29)17-4-2-1-3-15(17)20/h1-6,11H,7-10,12H2,(H,21,25). The predicted octanol–water partition coefficient (Wildman–Crippen LogP) is 2.33. The number of carbonyl (C=O) groups is 1. The molecule has 9 nitrogen and oxygen atoms in total. The lowest BCUT2D eigenvalue weighted by molar-refractivity contribution is -0.384. The number of piperazine rings is 1. The molecule has 1 saturated heterocycles. The molecule has 0 aliphatic carbocycles. The highest BCUT2D eigenvalue weighted by molar-refractivity contribution is 7.89. The Morgan fingerprint density at radius 3 is 2.47 bits per heavy atom. The second-order valence-corrected chi connectivity index (χ2v) is 8.90. The van der Waals surface area contributed by atoms with E-state index in [0.29, 0.717) is 0 Å². The monoisotopic (exact) mass is 456 g/mol. The van der Waals surface area contributed by atoms with Gasteiger partial charge in [0, 0.05) is 37.9 Å². The van der Waals surface area contributed by atoms with Crippen molar-refractivity contribution in [2.24, 2.45) is 0 Å². The van der Waals surface area contributed by atoms with Crippen LogP contribution in [0, 0.1) is 15.9 Å². The fraction of sp³-hybridized carbons (Fsp3) is 0.278. The Hall–Kier alpha value is -2.60. The Morgan fingerprint density at radius 2 is 1.83 bits per heavy atom. The summed E-state index contributed by atoms with van der Waals surface area (Å²) in [5, 5.41) is 13.5. The van der Waals surface area contributed by atoms with Crippen LogP contribution in [0.5, 0.6) is 0 Å². The summed E-state index contributed by atoms with van der Waals surface area (Å²) in [4.78, 5) is 23.9. The van der Waals surface area contributed by atoms with E-state index in [-0.39, 0.29) is 54.0 Å². The second kappa shape index (κ2) is 9.04. The zero-order valence-electron chi connectivity index (χ0n) is 15.6. The maximum Gasteiger partial charge on any atom is 0.289 e. The van der Waals surface area contributed by atoms with Crippen LogP contribution in [0.15, 0.2) is 47.4 Å². The van der Waals surface area contributed by atoms with Gasteiger partial charge < -0.3 is 5.32 Å². The molecule has 0 aromatic heterocycles. The number of benzene rings is 2. The van der Waals surface area contributed by atoms with Gasteiger partial charge in [-0.05, 0) is 24.3 Å². The van der Waals surface area contributed by atoms with Crippen molar-refractivity contribution in [2.75, 3.05) is 38.0 Å². The van der Waals surface area contributed by atoms with Gasteiger partial charge in [-0.15, -0.1) is 0 Å². The second-order valence-electron chi connectivity index (χ2n) is 6.58. The van der Waals surface area contributed by atoms with Crippen LogP contribution in [0.4, 0.5) is 15.8 Å². The molecule has 30 heavy (non-hydrogen) atoms. The summed E-state index contributed by atoms with van der Waals surface area (Å²) in [6.45, 7) is 0.750. The van der Waals surface area contributed by atoms with Gasteiger partial charge in [-0.1, -0.05) is 23.7 Å². The number of amides is 1. The molecule has 1 aliphatic rings. The fourth-order valence-electron chi connectivity index (χ4n) is 3.05. The molecule has 0 unspecified atom stereocenters. The van der Waals surface area contributed by atoms with Gasteiger partial charge >= 0.3 is 0 Å². The number of sulfonamides is 1. The molecule has 12 heteroatoms. The van der Waals surface area contributed by atoms with Gasteiger partial charge in [-0.3, -0.25) is 19.8 Å². The minimum absolute atomic E-state index is 0.0238. The van der Waals surface area contributed by atoms with Gasteiger partial charge in [-0.25, -0.2) is 12.8 Å². The van der Waals surface area contributed by atoms with Crippen molar-refractivity contribution in [3.05, 3.63) is 63.4 Å². The number of halogens is 2. The number of nitro benzene ring substituents is 1. The van der Waals surface area contributed by atoms with Gasteiger partial charge in [0.1, 0.15) is 15.7 Å². The number of rotatable bonds is 6. The van der Waals surface area contributed by atoms with E-state index < -0.39 is 26.7 Å². The topological polar surface area (TPSA) is 113 Å². The number of hydrogen-bond acceptors (Lipinski definition) is 6. The maximum atomic E-state index is 13.9. The fourth-order valence-corrected chi connectivity index (χ4v) is 4.73. The molecule has 0 bridgehead atoms. The third-order valence-corrected chi connectivity index (χ3v) is 6.83. The highest BCUT2D eigenvalue weighted by atomic mass is 35.5. The molecule has 160 valence electrons. The summed E-state index contributed by atoms with van der Waals surface area (Å²) in [5.74, 6) is -1.21. The number of nitrogens with zero attached hydrogens (tertiary/aromatic N) is 3. The predicted molar refractivity (Wildman–Crippen MR) is 108 cm³/mol. The summed E-state index contributed by atoms with van der Waals surface area (Å²) in [6, 6.07) is 9.12. The summed E-state index contributed by atoms with van der Waals surface area (Å²) in [7, 11) is -3.96. The molecule has 1 heterocycles. The lowest BCUT2D eigenvalue weighted by Crippen LogP contribution is -2.50.